The molecule has 0 aromatic carbocycles. The Hall–Kier alpha value is -0.630. The van der Waals surface area contributed by atoms with Crippen molar-refractivity contribution in [1.82, 2.24) is 0 Å². The summed E-state index contributed by atoms with van der Waals surface area (Å²) >= 11 is 0. The van der Waals surface area contributed by atoms with Crippen LogP contribution in [0.5, 0.6) is 0 Å². The molecule has 1 saturated heterocycles. The van der Waals surface area contributed by atoms with Gasteiger partial charge in [-0.1, -0.05) is 0 Å². The molecular weight excluding hydrogens is 207 g/mol. The molecule has 1 aliphatic heterocycles. The Bertz CT molecular complexity index is 288. The smallest absolute Gasteiger partial charge is 0.479 e. The minimum atomic E-state index is -2.65. The molecular formula is C6H6NaO7+. The minimum Gasteiger partial charge on any atom is -0.479 e. The number of carboxylic acid groups (broad SMARTS) is 2. The first-order valence-electron chi connectivity index (χ1n) is 3.26. The average Bonchev–Trinajstić information content (AvgIpc) is 2.27. The SMILES string of the molecule is O=C1CC(O)(C(=O)O)C(C(=O)O)O1.[Na+]. The number of ether oxygens (including phenoxy) is 1. The van der Waals surface area contributed by atoms with Gasteiger partial charge in [-0.05, 0) is 0 Å². The van der Waals surface area contributed by atoms with Gasteiger partial charge in [0.1, 0.15) is 0 Å². The standard InChI is InChI=1S/C6H6O7.Na/c7-2-1-6(12,5(10)11)3(13-2)4(8)9;/h3,12H,1H2,(H,8,9)(H,10,11);/q;+1. The number of carbonyl (C=O) groups excluding carboxylic acids is 1. The molecule has 1 heterocycles. The summed E-state index contributed by atoms with van der Waals surface area (Å²) in [6, 6.07) is 0. The van der Waals surface area contributed by atoms with Gasteiger partial charge < -0.3 is 20.1 Å². The second-order valence-electron chi connectivity index (χ2n) is 2.61. The molecule has 0 spiro atoms. The number of carboxylic acids is 2. The van der Waals surface area contributed by atoms with Gasteiger partial charge in [0.15, 0.2) is 0 Å². The van der Waals surface area contributed by atoms with Crippen LogP contribution >= 0.6 is 0 Å². The molecule has 0 saturated carbocycles. The van der Waals surface area contributed by atoms with Crippen molar-refractivity contribution >= 4 is 17.9 Å². The van der Waals surface area contributed by atoms with Crippen LogP contribution in [-0.4, -0.2) is 44.9 Å². The van der Waals surface area contributed by atoms with Crippen molar-refractivity contribution in [2.45, 2.75) is 18.1 Å². The third-order valence-corrected chi connectivity index (χ3v) is 1.69. The fourth-order valence-electron chi connectivity index (χ4n) is 1.03. The zero-order valence-electron chi connectivity index (χ0n) is 7.26. The number of aliphatic carboxylic acids is 2. The van der Waals surface area contributed by atoms with Crippen LogP contribution in [0.2, 0.25) is 0 Å². The van der Waals surface area contributed by atoms with Crippen LogP contribution in [0.4, 0.5) is 0 Å². The molecule has 0 amide bonds. The molecule has 1 aliphatic rings. The molecule has 8 heteroatoms. The second kappa shape index (κ2) is 4.26. The molecule has 0 radical (unpaired) electrons. The molecule has 2 atom stereocenters. The van der Waals surface area contributed by atoms with Crippen molar-refractivity contribution < 1.29 is 64.0 Å². The summed E-state index contributed by atoms with van der Waals surface area (Å²) in [5.41, 5.74) is -2.65. The van der Waals surface area contributed by atoms with Crippen LogP contribution in [0.3, 0.4) is 0 Å². The fourth-order valence-corrected chi connectivity index (χ4v) is 1.03. The predicted molar refractivity (Wildman–Crippen MR) is 34.7 cm³/mol. The van der Waals surface area contributed by atoms with Gasteiger partial charge in [0.25, 0.3) is 0 Å². The zero-order valence-corrected chi connectivity index (χ0v) is 9.26. The largest absolute Gasteiger partial charge is 1.00 e. The van der Waals surface area contributed by atoms with Crippen LogP contribution in [0, 0.1) is 0 Å². The Balaban J connectivity index is 0.00000169. The van der Waals surface area contributed by atoms with Gasteiger partial charge in [-0.3, -0.25) is 4.79 Å². The Morgan fingerprint density at radius 1 is 1.43 bits per heavy atom. The van der Waals surface area contributed by atoms with Gasteiger partial charge in [0.2, 0.25) is 11.7 Å². The number of cyclic esters (lactones) is 1. The average molecular weight is 213 g/mol. The second-order valence-corrected chi connectivity index (χ2v) is 2.61. The van der Waals surface area contributed by atoms with Gasteiger partial charge >= 0.3 is 47.5 Å². The molecule has 0 aromatic heterocycles. The first-order valence-corrected chi connectivity index (χ1v) is 3.26. The molecule has 0 aromatic rings. The van der Waals surface area contributed by atoms with Gasteiger partial charge in [0.05, 0.1) is 6.42 Å². The van der Waals surface area contributed by atoms with E-state index < -0.39 is 36.0 Å². The summed E-state index contributed by atoms with van der Waals surface area (Å²) in [4.78, 5) is 31.4. The Morgan fingerprint density at radius 3 is 2.21 bits per heavy atom. The number of rotatable bonds is 2. The molecule has 14 heavy (non-hydrogen) atoms. The van der Waals surface area contributed by atoms with Gasteiger partial charge in [-0.2, -0.15) is 0 Å². The summed E-state index contributed by atoms with van der Waals surface area (Å²) in [5.74, 6) is -4.51. The summed E-state index contributed by atoms with van der Waals surface area (Å²) < 4.78 is 4.13. The van der Waals surface area contributed by atoms with E-state index >= 15 is 0 Å². The predicted octanol–water partition coefficient (Wildman–Crippen LogP) is -4.79. The molecule has 0 aliphatic carbocycles. The minimum absolute atomic E-state index is 0. The topological polar surface area (TPSA) is 121 Å². The maximum Gasteiger partial charge on any atom is 1.00 e. The summed E-state index contributed by atoms with van der Waals surface area (Å²) in [7, 11) is 0. The molecule has 3 N–H and O–H groups in total. The van der Waals surface area contributed by atoms with Crippen molar-refractivity contribution in [2.75, 3.05) is 0 Å². The van der Waals surface area contributed by atoms with E-state index in [0.29, 0.717) is 0 Å². The number of hydrogen-bond donors (Lipinski definition) is 3. The van der Waals surface area contributed by atoms with Crippen molar-refractivity contribution in [3.05, 3.63) is 0 Å². The number of esters is 1. The van der Waals surface area contributed by atoms with E-state index in [-0.39, 0.29) is 29.6 Å². The van der Waals surface area contributed by atoms with Gasteiger partial charge in [0, 0.05) is 0 Å². The van der Waals surface area contributed by atoms with E-state index in [9.17, 15) is 19.5 Å². The Morgan fingerprint density at radius 2 is 1.93 bits per heavy atom. The van der Waals surface area contributed by atoms with E-state index in [2.05, 4.69) is 4.74 Å². The molecule has 72 valence electrons. The molecule has 7 nitrogen and oxygen atoms in total. The third-order valence-electron chi connectivity index (χ3n) is 1.69. The summed E-state index contributed by atoms with van der Waals surface area (Å²) in [5, 5.41) is 26.1. The number of aliphatic hydroxyl groups is 1. The molecule has 1 rings (SSSR count). The van der Waals surface area contributed by atoms with Crippen LogP contribution in [-0.2, 0) is 19.1 Å². The Labute approximate surface area is 100.0 Å². The normalized spacial score (nSPS) is 30.4. The van der Waals surface area contributed by atoms with Crippen molar-refractivity contribution in [1.29, 1.82) is 0 Å². The summed E-state index contributed by atoms with van der Waals surface area (Å²) in [6.07, 6.45) is -2.88. The Kier molecular flexibility index (Phi) is 4.07. The maximum absolute atomic E-state index is 10.6. The summed E-state index contributed by atoms with van der Waals surface area (Å²) in [6.45, 7) is 0. The molecule has 2 unspecified atom stereocenters. The van der Waals surface area contributed by atoms with Crippen LogP contribution < -0.4 is 29.6 Å². The molecule has 1 fully saturated rings. The van der Waals surface area contributed by atoms with Crippen LogP contribution in [0.25, 0.3) is 0 Å². The van der Waals surface area contributed by atoms with E-state index in [1.54, 1.807) is 0 Å². The van der Waals surface area contributed by atoms with Crippen LogP contribution in [0.15, 0.2) is 0 Å². The monoisotopic (exact) mass is 213 g/mol. The number of hydrogen-bond acceptors (Lipinski definition) is 5. The third kappa shape index (κ3) is 2.06. The first-order chi connectivity index (χ1) is 5.88. The van der Waals surface area contributed by atoms with Crippen molar-refractivity contribution in [3.63, 3.8) is 0 Å². The quantitative estimate of drug-likeness (QED) is 0.311. The van der Waals surface area contributed by atoms with Crippen molar-refractivity contribution in [3.8, 4) is 0 Å². The van der Waals surface area contributed by atoms with E-state index in [1.807, 2.05) is 0 Å². The first kappa shape index (κ1) is 13.4. The van der Waals surface area contributed by atoms with E-state index in [0.717, 1.165) is 0 Å². The number of carbonyl (C=O) groups is 3. The fraction of sp³-hybridized carbons (Fsp3) is 0.500. The van der Waals surface area contributed by atoms with E-state index in [4.69, 9.17) is 10.2 Å². The molecule has 0 bridgehead atoms. The maximum atomic E-state index is 10.6. The van der Waals surface area contributed by atoms with Crippen molar-refractivity contribution in [2.24, 2.45) is 0 Å². The van der Waals surface area contributed by atoms with Gasteiger partial charge in [-0.15, -0.1) is 0 Å². The van der Waals surface area contributed by atoms with Gasteiger partial charge in [-0.25, -0.2) is 9.59 Å². The van der Waals surface area contributed by atoms with E-state index in [1.165, 1.54) is 0 Å². The zero-order chi connectivity index (χ0) is 10.2. The van der Waals surface area contributed by atoms with Crippen LogP contribution in [0.1, 0.15) is 6.42 Å².